The summed E-state index contributed by atoms with van der Waals surface area (Å²) in [5.41, 5.74) is 0.742. The van der Waals surface area contributed by atoms with E-state index in [-0.39, 0.29) is 5.92 Å². The van der Waals surface area contributed by atoms with Crippen LogP contribution in [0.3, 0.4) is 0 Å². The molecular weight excluding hydrogens is 328 g/mol. The lowest BCUT2D eigenvalue weighted by molar-refractivity contribution is -0.275. The largest absolute Gasteiger partial charge is 0.573 e. The van der Waals surface area contributed by atoms with Gasteiger partial charge in [0.25, 0.3) is 0 Å². The number of ether oxygens (including phenoxy) is 1. The first-order valence-electron chi connectivity index (χ1n) is 6.04. The van der Waals surface area contributed by atoms with Gasteiger partial charge in [0.15, 0.2) is 11.6 Å². The summed E-state index contributed by atoms with van der Waals surface area (Å²) in [5.74, 6) is -1.52. The molecule has 2 rings (SSSR count). The molecule has 0 aromatic heterocycles. The first-order valence-corrected chi connectivity index (χ1v) is 6.96. The van der Waals surface area contributed by atoms with Gasteiger partial charge in [0.05, 0.1) is 0 Å². The lowest BCUT2D eigenvalue weighted by Gasteiger charge is -2.25. The SMILES string of the molecule is Fc1cc(C2CCC(Br)CC2)ccc1OC(F)(F)F. The van der Waals surface area contributed by atoms with Gasteiger partial charge in [-0.2, -0.15) is 0 Å². The van der Waals surface area contributed by atoms with Crippen molar-refractivity contribution in [2.75, 3.05) is 0 Å². The van der Waals surface area contributed by atoms with Crippen LogP contribution in [0.4, 0.5) is 17.6 Å². The molecule has 0 heterocycles. The molecule has 19 heavy (non-hydrogen) atoms. The van der Waals surface area contributed by atoms with Crippen molar-refractivity contribution in [2.24, 2.45) is 0 Å². The molecule has 0 unspecified atom stereocenters. The Labute approximate surface area is 117 Å². The first-order chi connectivity index (χ1) is 8.85. The maximum Gasteiger partial charge on any atom is 0.573 e. The topological polar surface area (TPSA) is 9.23 Å². The molecule has 1 aliphatic rings. The van der Waals surface area contributed by atoms with Crippen LogP contribution in [-0.4, -0.2) is 11.2 Å². The molecule has 0 N–H and O–H groups in total. The quantitative estimate of drug-likeness (QED) is 0.534. The van der Waals surface area contributed by atoms with E-state index < -0.39 is 17.9 Å². The molecule has 1 saturated carbocycles. The molecule has 0 aliphatic heterocycles. The third-order valence-corrected chi connectivity index (χ3v) is 4.23. The Morgan fingerprint density at radius 2 is 1.74 bits per heavy atom. The highest BCUT2D eigenvalue weighted by molar-refractivity contribution is 9.09. The number of alkyl halides is 4. The van der Waals surface area contributed by atoms with Gasteiger partial charge in [0.2, 0.25) is 0 Å². The monoisotopic (exact) mass is 340 g/mol. The second-order valence-electron chi connectivity index (χ2n) is 4.69. The van der Waals surface area contributed by atoms with Crippen LogP contribution in [-0.2, 0) is 0 Å². The zero-order valence-corrected chi connectivity index (χ0v) is 11.6. The fourth-order valence-electron chi connectivity index (χ4n) is 2.36. The van der Waals surface area contributed by atoms with Crippen LogP contribution in [0.1, 0.15) is 37.2 Å². The Kier molecular flexibility index (Phi) is 4.38. The van der Waals surface area contributed by atoms with Gasteiger partial charge in [-0.1, -0.05) is 22.0 Å². The predicted molar refractivity (Wildman–Crippen MR) is 67.0 cm³/mol. The van der Waals surface area contributed by atoms with Gasteiger partial charge >= 0.3 is 6.36 Å². The minimum Gasteiger partial charge on any atom is -0.403 e. The van der Waals surface area contributed by atoms with Gasteiger partial charge in [-0.05, 0) is 49.3 Å². The Balaban J connectivity index is 2.10. The Morgan fingerprint density at radius 3 is 2.26 bits per heavy atom. The van der Waals surface area contributed by atoms with E-state index in [1.54, 1.807) is 0 Å². The standard InChI is InChI=1S/C13H13BrF4O/c14-10-4-1-8(2-5-10)9-3-6-12(11(15)7-9)19-13(16,17)18/h3,6-8,10H,1-2,4-5H2. The molecule has 6 heteroatoms. The normalized spacial score (nSPS) is 24.3. The summed E-state index contributed by atoms with van der Waals surface area (Å²) in [6, 6.07) is 3.72. The third kappa shape index (κ3) is 4.09. The maximum atomic E-state index is 13.6. The van der Waals surface area contributed by atoms with E-state index in [0.29, 0.717) is 4.83 Å². The van der Waals surface area contributed by atoms with E-state index in [9.17, 15) is 17.6 Å². The van der Waals surface area contributed by atoms with Crippen molar-refractivity contribution >= 4 is 15.9 Å². The van der Waals surface area contributed by atoms with Crippen LogP contribution in [0.5, 0.6) is 5.75 Å². The van der Waals surface area contributed by atoms with Crippen LogP contribution in [0, 0.1) is 5.82 Å². The van der Waals surface area contributed by atoms with Crippen LogP contribution in [0.2, 0.25) is 0 Å². The summed E-state index contributed by atoms with van der Waals surface area (Å²) < 4.78 is 53.3. The van der Waals surface area contributed by atoms with Gasteiger partial charge in [-0.25, -0.2) is 4.39 Å². The number of halogens is 5. The van der Waals surface area contributed by atoms with Crippen LogP contribution < -0.4 is 4.74 Å². The average molecular weight is 341 g/mol. The van der Waals surface area contributed by atoms with E-state index in [0.717, 1.165) is 43.4 Å². The second kappa shape index (κ2) is 5.69. The first kappa shape index (κ1) is 14.6. The Hall–Kier alpha value is -0.780. The highest BCUT2D eigenvalue weighted by Crippen LogP contribution is 2.37. The fraction of sp³-hybridized carbons (Fsp3) is 0.538. The summed E-state index contributed by atoms with van der Waals surface area (Å²) in [5, 5.41) is 0. The van der Waals surface area contributed by atoms with E-state index in [1.807, 2.05) is 0 Å². The maximum absolute atomic E-state index is 13.6. The Morgan fingerprint density at radius 1 is 1.11 bits per heavy atom. The van der Waals surface area contributed by atoms with Crippen LogP contribution in [0.15, 0.2) is 18.2 Å². The highest BCUT2D eigenvalue weighted by Gasteiger charge is 2.32. The van der Waals surface area contributed by atoms with Gasteiger partial charge in [-0.3, -0.25) is 0 Å². The van der Waals surface area contributed by atoms with Crippen LogP contribution >= 0.6 is 15.9 Å². The lowest BCUT2D eigenvalue weighted by Crippen LogP contribution is -2.18. The molecule has 1 aromatic rings. The number of hydrogen-bond donors (Lipinski definition) is 0. The molecule has 0 radical (unpaired) electrons. The smallest absolute Gasteiger partial charge is 0.403 e. The molecule has 0 atom stereocenters. The van der Waals surface area contributed by atoms with Crippen molar-refractivity contribution in [1.29, 1.82) is 0 Å². The van der Waals surface area contributed by atoms with Crippen molar-refractivity contribution in [2.45, 2.75) is 42.8 Å². The van der Waals surface area contributed by atoms with Gasteiger partial charge in [0.1, 0.15) is 0 Å². The molecule has 1 aliphatic carbocycles. The lowest BCUT2D eigenvalue weighted by atomic mass is 9.84. The highest BCUT2D eigenvalue weighted by atomic mass is 79.9. The molecular formula is C13H13BrF4O. The summed E-state index contributed by atoms with van der Waals surface area (Å²) >= 11 is 3.53. The van der Waals surface area contributed by atoms with Crippen molar-refractivity contribution in [3.8, 4) is 5.75 Å². The van der Waals surface area contributed by atoms with Crippen LogP contribution in [0.25, 0.3) is 0 Å². The summed E-state index contributed by atoms with van der Waals surface area (Å²) in [7, 11) is 0. The second-order valence-corrected chi connectivity index (χ2v) is 5.98. The molecule has 106 valence electrons. The summed E-state index contributed by atoms with van der Waals surface area (Å²) in [6.45, 7) is 0. The summed E-state index contributed by atoms with van der Waals surface area (Å²) in [6.07, 6.45) is -1.06. The summed E-state index contributed by atoms with van der Waals surface area (Å²) in [4.78, 5) is 0.487. The van der Waals surface area contributed by atoms with E-state index >= 15 is 0 Å². The minimum absolute atomic E-state index is 0.211. The zero-order chi connectivity index (χ0) is 14.0. The number of benzene rings is 1. The van der Waals surface area contributed by atoms with Crippen molar-refractivity contribution in [3.05, 3.63) is 29.6 Å². The molecule has 0 spiro atoms. The van der Waals surface area contributed by atoms with E-state index in [4.69, 9.17) is 0 Å². The average Bonchev–Trinajstić information content (AvgIpc) is 2.31. The van der Waals surface area contributed by atoms with E-state index in [1.165, 1.54) is 6.07 Å². The molecule has 1 aromatic carbocycles. The predicted octanol–water partition coefficient (Wildman–Crippen LogP) is 5.15. The molecule has 0 amide bonds. The zero-order valence-electron chi connectivity index (χ0n) is 10.0. The van der Waals surface area contributed by atoms with Gasteiger partial charge in [-0.15, -0.1) is 13.2 Å². The fourth-order valence-corrected chi connectivity index (χ4v) is 2.89. The minimum atomic E-state index is -4.86. The molecule has 1 nitrogen and oxygen atoms in total. The van der Waals surface area contributed by atoms with Gasteiger partial charge in [0, 0.05) is 4.83 Å². The molecule has 0 bridgehead atoms. The molecule has 0 saturated heterocycles. The van der Waals surface area contributed by atoms with Crippen molar-refractivity contribution < 1.29 is 22.3 Å². The number of rotatable bonds is 2. The third-order valence-electron chi connectivity index (χ3n) is 3.31. The number of hydrogen-bond acceptors (Lipinski definition) is 1. The van der Waals surface area contributed by atoms with Crippen molar-refractivity contribution in [1.82, 2.24) is 0 Å². The Bertz CT molecular complexity index is 439. The van der Waals surface area contributed by atoms with Gasteiger partial charge < -0.3 is 4.74 Å². The van der Waals surface area contributed by atoms with E-state index in [2.05, 4.69) is 20.7 Å². The molecule has 1 fully saturated rings. The van der Waals surface area contributed by atoms with Crippen molar-refractivity contribution in [3.63, 3.8) is 0 Å².